The average molecular weight is 248 g/mol. The van der Waals surface area contributed by atoms with Crippen LogP contribution in [0.5, 0.6) is 0 Å². The molecule has 92 valence electrons. The molecule has 0 amide bonds. The van der Waals surface area contributed by atoms with Crippen molar-refractivity contribution in [1.82, 2.24) is 4.40 Å². The smallest absolute Gasteiger partial charge is 0.198 e. The van der Waals surface area contributed by atoms with Gasteiger partial charge < -0.3 is 15.0 Å². The van der Waals surface area contributed by atoms with Gasteiger partial charge in [0.2, 0.25) is 0 Å². The maximum atomic E-state index is 4.54. The summed E-state index contributed by atoms with van der Waals surface area (Å²) in [5, 5.41) is 7.83. The fourth-order valence-electron chi connectivity index (χ4n) is 2.25. The first-order chi connectivity index (χ1) is 9.38. The number of hydrogen-bond donors (Lipinski definition) is 1. The molecule has 1 N–H and O–H groups in total. The van der Waals surface area contributed by atoms with Gasteiger partial charge in [0.25, 0.3) is 0 Å². The second-order valence-electron chi connectivity index (χ2n) is 4.48. The summed E-state index contributed by atoms with van der Waals surface area (Å²) in [7, 11) is 0. The maximum absolute atomic E-state index is 4.54. The Morgan fingerprint density at radius 1 is 1.11 bits per heavy atom. The number of benzene rings is 1. The van der Waals surface area contributed by atoms with Gasteiger partial charge in [-0.15, -0.1) is 0 Å². The van der Waals surface area contributed by atoms with E-state index < -0.39 is 0 Å². The quantitative estimate of drug-likeness (QED) is 0.660. The molecule has 3 heterocycles. The topological polar surface area (TPSA) is 34.4 Å². The Balaban J connectivity index is 1.69. The highest BCUT2D eigenvalue weighted by Gasteiger charge is 2.06. The van der Waals surface area contributed by atoms with Gasteiger partial charge in [0.05, 0.1) is 6.20 Å². The lowest BCUT2D eigenvalue weighted by Gasteiger charge is -2.05. The number of nitrogens with zero attached hydrogens (tertiary/aromatic N) is 3. The van der Waals surface area contributed by atoms with Crippen LogP contribution in [0.1, 0.15) is 0 Å². The van der Waals surface area contributed by atoms with Crippen LogP contribution in [0.2, 0.25) is 0 Å². The predicted octanol–water partition coefficient (Wildman–Crippen LogP) is 3.11. The molecule has 0 unspecified atom stereocenters. The van der Waals surface area contributed by atoms with Gasteiger partial charge in [-0.3, -0.25) is 0 Å². The highest BCUT2D eigenvalue weighted by Crippen LogP contribution is 2.39. The van der Waals surface area contributed by atoms with Crippen molar-refractivity contribution in [3.63, 3.8) is 0 Å². The molecule has 0 saturated heterocycles. The monoisotopic (exact) mass is 248 g/mol. The molecule has 1 aromatic carbocycles. The van der Waals surface area contributed by atoms with Gasteiger partial charge in [0.15, 0.2) is 18.6 Å². The Labute approximate surface area is 110 Å². The van der Waals surface area contributed by atoms with Crippen molar-refractivity contribution >= 4 is 23.1 Å². The van der Waals surface area contributed by atoms with Crippen LogP contribution in [-0.2, 0) is 0 Å². The van der Waals surface area contributed by atoms with Crippen LogP contribution in [0.4, 0.5) is 11.4 Å². The van der Waals surface area contributed by atoms with Crippen molar-refractivity contribution in [2.24, 2.45) is 0 Å². The minimum Gasteiger partial charge on any atom is -0.452 e. The minimum atomic E-state index is 0.849. The van der Waals surface area contributed by atoms with Crippen LogP contribution in [0, 0.1) is 0 Å². The van der Waals surface area contributed by atoms with Crippen LogP contribution in [-0.4, -0.2) is 4.40 Å². The summed E-state index contributed by atoms with van der Waals surface area (Å²) in [5.41, 5.74) is 3.19. The van der Waals surface area contributed by atoms with Crippen molar-refractivity contribution < 1.29 is 4.57 Å². The van der Waals surface area contributed by atoms with Crippen molar-refractivity contribution in [1.29, 1.82) is 0 Å². The molecule has 4 heteroatoms. The number of aromatic nitrogens is 2. The Morgan fingerprint density at radius 2 is 2.05 bits per heavy atom. The standard InChI is InChI=1S/C15H12N4/c1-2-6-14-13(5-1)16-15(17-14)11-18-8-9-19-7-3-4-12(19)10-18/h1-11,16H/b15-11-. The van der Waals surface area contributed by atoms with Gasteiger partial charge in [-0.2, -0.15) is 4.57 Å². The number of nitrogens with one attached hydrogen (secondary N) is 1. The van der Waals surface area contributed by atoms with Gasteiger partial charge in [0, 0.05) is 12.0 Å². The molecule has 3 aromatic rings. The van der Waals surface area contributed by atoms with Crippen LogP contribution in [0.25, 0.3) is 17.0 Å². The first-order valence-electron chi connectivity index (χ1n) is 6.16. The Hall–Kier alpha value is -2.75. The lowest BCUT2D eigenvalue weighted by Crippen LogP contribution is -2.26. The van der Waals surface area contributed by atoms with Crippen molar-refractivity contribution in [3.05, 3.63) is 72.3 Å². The van der Waals surface area contributed by atoms with Crippen LogP contribution >= 0.6 is 0 Å². The van der Waals surface area contributed by atoms with Gasteiger partial charge in [-0.05, 0) is 23.5 Å². The molecule has 4 rings (SSSR count). The summed E-state index contributed by atoms with van der Waals surface area (Å²) < 4.78 is 4.08. The number of para-hydroxylation sites is 2. The highest BCUT2D eigenvalue weighted by atomic mass is 15.2. The second-order valence-corrected chi connectivity index (χ2v) is 4.48. The molecule has 2 aromatic heterocycles. The highest BCUT2D eigenvalue weighted by molar-refractivity contribution is 5.83. The first kappa shape index (κ1) is 10.2. The van der Waals surface area contributed by atoms with Gasteiger partial charge in [0.1, 0.15) is 5.52 Å². The fraction of sp³-hybridized carbons (Fsp3) is 0. The summed E-state index contributed by atoms with van der Waals surface area (Å²) in [6, 6.07) is 12.1. The zero-order valence-corrected chi connectivity index (χ0v) is 10.2. The lowest BCUT2D eigenvalue weighted by molar-refractivity contribution is -0.567. The van der Waals surface area contributed by atoms with E-state index >= 15 is 0 Å². The van der Waals surface area contributed by atoms with E-state index in [9.17, 15) is 0 Å². The lowest BCUT2D eigenvalue weighted by atomic mass is 10.3. The van der Waals surface area contributed by atoms with E-state index in [1.54, 1.807) is 0 Å². The molecule has 4 nitrogen and oxygen atoms in total. The summed E-state index contributed by atoms with van der Waals surface area (Å²) >= 11 is 0. The van der Waals surface area contributed by atoms with E-state index in [1.165, 1.54) is 0 Å². The van der Waals surface area contributed by atoms with Gasteiger partial charge >= 0.3 is 0 Å². The SMILES string of the molecule is C(=C1/[N-]c2ccccc2N1)/[n+]1ccn2cccc2c1. The van der Waals surface area contributed by atoms with Gasteiger partial charge in [-0.25, -0.2) is 0 Å². The summed E-state index contributed by atoms with van der Waals surface area (Å²) in [6.07, 6.45) is 10.1. The zero-order valence-electron chi connectivity index (χ0n) is 10.2. The van der Waals surface area contributed by atoms with Crippen molar-refractivity contribution in [3.8, 4) is 0 Å². The van der Waals surface area contributed by atoms with E-state index in [-0.39, 0.29) is 0 Å². The van der Waals surface area contributed by atoms with Crippen LogP contribution < -0.4 is 9.88 Å². The molecule has 0 fully saturated rings. The fourth-order valence-corrected chi connectivity index (χ4v) is 2.25. The van der Waals surface area contributed by atoms with Crippen molar-refractivity contribution in [2.45, 2.75) is 0 Å². The van der Waals surface area contributed by atoms with E-state index in [2.05, 4.69) is 27.3 Å². The summed E-state index contributed by atoms with van der Waals surface area (Å²) in [4.78, 5) is 0. The van der Waals surface area contributed by atoms with Crippen LogP contribution in [0.15, 0.2) is 67.0 Å². The molecule has 0 atom stereocenters. The molecule has 0 saturated carbocycles. The third-order valence-electron chi connectivity index (χ3n) is 3.17. The summed E-state index contributed by atoms with van der Waals surface area (Å²) in [6.45, 7) is 0. The van der Waals surface area contributed by atoms with E-state index in [0.29, 0.717) is 0 Å². The third-order valence-corrected chi connectivity index (χ3v) is 3.17. The van der Waals surface area contributed by atoms with Crippen LogP contribution in [0.3, 0.4) is 0 Å². The zero-order chi connectivity index (χ0) is 12.7. The molecule has 0 bridgehead atoms. The largest absolute Gasteiger partial charge is 0.452 e. The van der Waals surface area contributed by atoms with E-state index in [0.717, 1.165) is 22.7 Å². The predicted molar refractivity (Wildman–Crippen MR) is 74.9 cm³/mol. The molecule has 0 radical (unpaired) electrons. The normalized spacial score (nSPS) is 15.3. The number of anilines is 1. The molecule has 19 heavy (non-hydrogen) atoms. The van der Waals surface area contributed by atoms with Gasteiger partial charge in [-0.1, -0.05) is 24.3 Å². The first-order valence-corrected chi connectivity index (χ1v) is 6.16. The Bertz CT molecular complexity index is 758. The molecule has 1 aliphatic rings. The number of hydrogen-bond acceptors (Lipinski definition) is 1. The molecule has 1 aliphatic heterocycles. The molecular formula is C15H12N4. The summed E-state index contributed by atoms with van der Waals surface area (Å²) in [5.74, 6) is 0.849. The molecule has 0 spiro atoms. The Kier molecular flexibility index (Phi) is 2.08. The molecular weight excluding hydrogens is 236 g/mol. The molecule has 0 aliphatic carbocycles. The minimum absolute atomic E-state index is 0.849. The average Bonchev–Trinajstić information content (AvgIpc) is 3.03. The van der Waals surface area contributed by atoms with E-state index in [4.69, 9.17) is 0 Å². The maximum Gasteiger partial charge on any atom is 0.198 e. The number of fused-ring (bicyclic) bond motifs is 2. The Morgan fingerprint density at radius 3 is 3.00 bits per heavy atom. The van der Waals surface area contributed by atoms with E-state index in [1.807, 2.05) is 59.7 Å². The van der Waals surface area contributed by atoms with Crippen molar-refractivity contribution in [2.75, 3.05) is 5.32 Å². The number of rotatable bonds is 1. The third kappa shape index (κ3) is 1.74. The second kappa shape index (κ2) is 3.88.